The minimum Gasteiger partial charge on any atom is -0.465 e. The van der Waals surface area contributed by atoms with Crippen LogP contribution in [-0.2, 0) is 24.5 Å². The zero-order valence-corrected chi connectivity index (χ0v) is 14.2. The van der Waals surface area contributed by atoms with Crippen molar-refractivity contribution in [3.63, 3.8) is 0 Å². The molecule has 20 heavy (non-hydrogen) atoms. The molecule has 0 fully saturated rings. The Kier molecular flexibility index (Phi) is 6.89. The molecule has 7 heteroatoms. The van der Waals surface area contributed by atoms with Crippen LogP contribution in [-0.4, -0.2) is 26.3 Å². The number of carbonyl (C=O) groups is 1. The quantitative estimate of drug-likeness (QED) is 0.540. The molecule has 0 heterocycles. The lowest BCUT2D eigenvalue weighted by atomic mass is 10.1. The number of esters is 1. The normalized spacial score (nSPS) is 11.4. The van der Waals surface area contributed by atoms with Crippen molar-refractivity contribution in [3.05, 3.63) is 33.8 Å². The summed E-state index contributed by atoms with van der Waals surface area (Å²) in [5, 5.41) is 0. The molecule has 0 aliphatic rings. The molecule has 1 rings (SSSR count). The van der Waals surface area contributed by atoms with Gasteiger partial charge in [-0.05, 0) is 47.5 Å². The molecule has 5 nitrogen and oxygen atoms in total. The van der Waals surface area contributed by atoms with Crippen LogP contribution in [0.25, 0.3) is 0 Å². The Morgan fingerprint density at radius 1 is 1.25 bits per heavy atom. The summed E-state index contributed by atoms with van der Waals surface area (Å²) in [7, 11) is -1.82. The molecule has 0 bridgehead atoms. The number of methoxy groups -OCH3 is 1. The average molecular weight is 365 g/mol. The first-order chi connectivity index (χ1) is 9.45. The summed E-state index contributed by atoms with van der Waals surface area (Å²) in [6.45, 7) is 4.17. The molecule has 112 valence electrons. The molecule has 0 spiro atoms. The minimum absolute atomic E-state index is 0.161. The third-order valence-corrected chi connectivity index (χ3v) is 5.18. The summed E-state index contributed by atoms with van der Waals surface area (Å²) >= 11 is 3.30. The molecular weight excluding hydrogens is 347 g/mol. The van der Waals surface area contributed by atoms with Gasteiger partial charge in [-0.3, -0.25) is 4.57 Å². The van der Waals surface area contributed by atoms with E-state index in [1.54, 1.807) is 32.0 Å². The van der Waals surface area contributed by atoms with E-state index in [9.17, 15) is 9.36 Å². The highest BCUT2D eigenvalue weighted by Crippen LogP contribution is 2.51. The van der Waals surface area contributed by atoms with Crippen molar-refractivity contribution in [1.29, 1.82) is 0 Å². The van der Waals surface area contributed by atoms with Crippen LogP contribution < -0.4 is 0 Å². The topological polar surface area (TPSA) is 61.8 Å². The number of benzene rings is 1. The van der Waals surface area contributed by atoms with Gasteiger partial charge in [-0.1, -0.05) is 6.07 Å². The maximum atomic E-state index is 12.4. The fourth-order valence-corrected chi connectivity index (χ4v) is 3.95. The lowest BCUT2D eigenvalue weighted by molar-refractivity contribution is 0.0599. The van der Waals surface area contributed by atoms with Crippen molar-refractivity contribution >= 4 is 29.5 Å². The van der Waals surface area contributed by atoms with Gasteiger partial charge >= 0.3 is 13.6 Å². The van der Waals surface area contributed by atoms with Crippen LogP contribution in [0.3, 0.4) is 0 Å². The van der Waals surface area contributed by atoms with E-state index in [4.69, 9.17) is 9.05 Å². The van der Waals surface area contributed by atoms with Crippen LogP contribution in [0.1, 0.15) is 29.8 Å². The fourth-order valence-electron chi connectivity index (χ4n) is 1.68. The molecule has 0 N–H and O–H groups in total. The minimum atomic E-state index is -3.14. The first-order valence-corrected chi connectivity index (χ1v) is 8.72. The number of rotatable bonds is 7. The standard InChI is InChI=1S/C13H18BrO5P/c1-4-18-20(16,19-5-2)9-10-6-7-11(12(14)8-10)13(15)17-3/h6-8H,4-5,9H2,1-3H3. The van der Waals surface area contributed by atoms with Gasteiger partial charge in [0.05, 0.1) is 32.0 Å². The van der Waals surface area contributed by atoms with Gasteiger partial charge in [-0.15, -0.1) is 0 Å². The molecule has 0 saturated carbocycles. The number of carbonyl (C=O) groups excluding carboxylic acids is 1. The Bertz CT molecular complexity index is 507. The Morgan fingerprint density at radius 2 is 1.85 bits per heavy atom. The van der Waals surface area contributed by atoms with Gasteiger partial charge in [0.15, 0.2) is 0 Å². The average Bonchev–Trinajstić information content (AvgIpc) is 2.38. The summed E-state index contributed by atoms with van der Waals surface area (Å²) in [6.07, 6.45) is 0.161. The van der Waals surface area contributed by atoms with E-state index >= 15 is 0 Å². The van der Waals surface area contributed by atoms with E-state index < -0.39 is 13.6 Å². The van der Waals surface area contributed by atoms with Crippen molar-refractivity contribution in [2.24, 2.45) is 0 Å². The van der Waals surface area contributed by atoms with Crippen LogP contribution >= 0.6 is 23.5 Å². The molecule has 1 aromatic rings. The first-order valence-electron chi connectivity index (χ1n) is 6.20. The van der Waals surface area contributed by atoms with Gasteiger partial charge in [0.1, 0.15) is 0 Å². The molecule has 0 radical (unpaired) electrons. The summed E-state index contributed by atoms with van der Waals surface area (Å²) in [4.78, 5) is 11.5. The van der Waals surface area contributed by atoms with Crippen LogP contribution in [0.4, 0.5) is 0 Å². The monoisotopic (exact) mass is 364 g/mol. The first kappa shape index (κ1) is 17.4. The molecule has 0 unspecified atom stereocenters. The number of hydrogen-bond donors (Lipinski definition) is 0. The molecule has 1 aromatic carbocycles. The molecule has 0 amide bonds. The molecule has 0 saturated heterocycles. The SMILES string of the molecule is CCOP(=O)(Cc1ccc(C(=O)OC)c(Br)c1)OCC. The van der Waals surface area contributed by atoms with Gasteiger partial charge in [0, 0.05) is 4.47 Å². The highest BCUT2D eigenvalue weighted by atomic mass is 79.9. The van der Waals surface area contributed by atoms with E-state index in [2.05, 4.69) is 20.7 Å². The van der Waals surface area contributed by atoms with Crippen molar-refractivity contribution in [1.82, 2.24) is 0 Å². The van der Waals surface area contributed by atoms with Crippen LogP contribution in [0.2, 0.25) is 0 Å². The fraction of sp³-hybridized carbons (Fsp3) is 0.462. The van der Waals surface area contributed by atoms with E-state index in [1.165, 1.54) is 7.11 Å². The van der Waals surface area contributed by atoms with Crippen LogP contribution in [0.5, 0.6) is 0 Å². The maximum Gasteiger partial charge on any atom is 0.338 e. The second-order valence-corrected chi connectivity index (χ2v) is 6.82. The van der Waals surface area contributed by atoms with Gasteiger partial charge in [-0.25, -0.2) is 4.79 Å². The summed E-state index contributed by atoms with van der Waals surface area (Å²) < 4.78 is 28.1. The Hall–Kier alpha value is -0.680. The smallest absolute Gasteiger partial charge is 0.338 e. The maximum absolute atomic E-state index is 12.4. The van der Waals surface area contributed by atoms with Crippen molar-refractivity contribution in [3.8, 4) is 0 Å². The molecule has 0 aliphatic carbocycles. The third kappa shape index (κ3) is 4.70. The summed E-state index contributed by atoms with van der Waals surface area (Å²) in [5.74, 6) is -0.429. The van der Waals surface area contributed by atoms with Gasteiger partial charge in [0.2, 0.25) is 0 Å². The lowest BCUT2D eigenvalue weighted by Crippen LogP contribution is -2.03. The largest absolute Gasteiger partial charge is 0.465 e. The Morgan fingerprint density at radius 3 is 2.30 bits per heavy atom. The lowest BCUT2D eigenvalue weighted by Gasteiger charge is -2.17. The van der Waals surface area contributed by atoms with Crippen molar-refractivity contribution in [2.45, 2.75) is 20.0 Å². The predicted octanol–water partition coefficient (Wildman–Crippen LogP) is 4.00. The van der Waals surface area contributed by atoms with Gasteiger partial charge in [0.25, 0.3) is 0 Å². The second-order valence-electron chi connectivity index (χ2n) is 3.91. The van der Waals surface area contributed by atoms with E-state index in [-0.39, 0.29) is 6.16 Å². The molecular formula is C13H18BrO5P. The third-order valence-electron chi connectivity index (χ3n) is 2.47. The molecule has 0 aliphatic heterocycles. The Labute approximate surface area is 127 Å². The highest BCUT2D eigenvalue weighted by Gasteiger charge is 2.24. The number of halogens is 1. The highest BCUT2D eigenvalue weighted by molar-refractivity contribution is 9.10. The van der Waals surface area contributed by atoms with E-state index in [0.29, 0.717) is 23.2 Å². The summed E-state index contributed by atoms with van der Waals surface area (Å²) in [5.41, 5.74) is 1.17. The van der Waals surface area contributed by atoms with Gasteiger partial charge < -0.3 is 13.8 Å². The van der Waals surface area contributed by atoms with Gasteiger partial charge in [-0.2, -0.15) is 0 Å². The summed E-state index contributed by atoms with van der Waals surface area (Å²) in [6, 6.07) is 5.05. The van der Waals surface area contributed by atoms with Crippen LogP contribution in [0, 0.1) is 0 Å². The van der Waals surface area contributed by atoms with Crippen molar-refractivity contribution in [2.75, 3.05) is 20.3 Å². The zero-order valence-electron chi connectivity index (χ0n) is 11.7. The molecule has 0 atom stereocenters. The zero-order chi connectivity index (χ0) is 15.2. The molecule has 0 aromatic heterocycles. The number of ether oxygens (including phenoxy) is 1. The second kappa shape index (κ2) is 7.93. The van der Waals surface area contributed by atoms with Crippen molar-refractivity contribution < 1.29 is 23.1 Å². The van der Waals surface area contributed by atoms with E-state index in [0.717, 1.165) is 5.56 Å². The number of hydrogen-bond acceptors (Lipinski definition) is 5. The van der Waals surface area contributed by atoms with Crippen LogP contribution in [0.15, 0.2) is 22.7 Å². The Balaban J connectivity index is 2.95. The van der Waals surface area contributed by atoms with E-state index in [1.807, 2.05) is 0 Å². The predicted molar refractivity (Wildman–Crippen MR) is 80.0 cm³/mol.